The van der Waals surface area contributed by atoms with Crippen molar-refractivity contribution < 1.29 is 58.9 Å². The van der Waals surface area contributed by atoms with Gasteiger partial charge in [-0.1, -0.05) is 89.9 Å². The molecular formula is C45H74O14Si8. The van der Waals surface area contributed by atoms with Gasteiger partial charge >= 0.3 is 70.4 Å². The molecule has 67 heavy (non-hydrogen) atoms. The van der Waals surface area contributed by atoms with E-state index in [1.165, 1.54) is 0 Å². The number of carbonyl (C=O) groups is 1. The fourth-order valence-electron chi connectivity index (χ4n) is 14.9. The molecule has 0 spiro atoms. The molecule has 7 saturated carbocycles. The van der Waals surface area contributed by atoms with Crippen LogP contribution in [0.3, 0.4) is 0 Å². The van der Waals surface area contributed by atoms with Gasteiger partial charge in [0.2, 0.25) is 0 Å². The smallest absolute Gasteiger partial charge is 0.482 e. The van der Waals surface area contributed by atoms with Gasteiger partial charge in [0.15, 0.2) is 0 Å². The molecule has 22 heteroatoms. The topological polar surface area (TPSA) is 137 Å². The van der Waals surface area contributed by atoms with E-state index in [2.05, 4.69) is 0 Å². The van der Waals surface area contributed by atoms with Gasteiger partial charge < -0.3 is 54.1 Å². The van der Waals surface area contributed by atoms with Gasteiger partial charge in [-0.15, -0.1) is 0 Å². The Hall–Kier alpha value is -0.0549. The SMILES string of the molecule is O=Cc1ccc(OCCC[Si]23O[Si]4(C5CCCC5)O[Si]5(C6CCCC6)O[Si](C6CCCC6)(O2)O[Si]2(C6CCCC6)O[Si](C6CCCC6)(O3)O[Si](C3CCCC3)(O4)O[Si](C3CCCC3)(O5)O2)cc1. The number of hydrogen-bond donors (Lipinski definition) is 0. The lowest BCUT2D eigenvalue weighted by Crippen LogP contribution is -2.90. The molecule has 0 aromatic heterocycles. The van der Waals surface area contributed by atoms with E-state index in [0.717, 1.165) is 186 Å². The van der Waals surface area contributed by atoms with E-state index in [0.29, 0.717) is 30.4 Å². The summed E-state index contributed by atoms with van der Waals surface area (Å²) in [5, 5.41) is 0. The van der Waals surface area contributed by atoms with Gasteiger partial charge in [-0.2, -0.15) is 0 Å². The quantitative estimate of drug-likeness (QED) is 0.105. The molecule has 14 nitrogen and oxygen atoms in total. The van der Waals surface area contributed by atoms with Crippen LogP contribution in [-0.2, 0) is 49.4 Å². The highest BCUT2D eigenvalue weighted by Crippen LogP contribution is 2.66. The van der Waals surface area contributed by atoms with E-state index >= 15 is 0 Å². The first-order chi connectivity index (χ1) is 32.7. The first-order valence-electron chi connectivity index (χ1n) is 27.3. The number of aldehydes is 1. The number of benzene rings is 1. The molecule has 6 saturated heterocycles. The molecule has 1 aromatic rings. The molecular weight excluding hydrogens is 989 g/mol. The Labute approximate surface area is 406 Å². The predicted molar refractivity (Wildman–Crippen MR) is 261 cm³/mol. The molecule has 370 valence electrons. The first kappa shape index (κ1) is 46.7. The van der Waals surface area contributed by atoms with Gasteiger partial charge in [0.05, 0.1) is 6.61 Å². The van der Waals surface area contributed by atoms with Crippen molar-refractivity contribution in [1.82, 2.24) is 0 Å². The molecule has 6 heterocycles. The van der Waals surface area contributed by atoms with Gasteiger partial charge in [-0.05, 0) is 121 Å². The van der Waals surface area contributed by atoms with E-state index in [1.54, 1.807) is 12.1 Å². The van der Waals surface area contributed by atoms with E-state index in [-0.39, 0.29) is 38.8 Å². The highest BCUT2D eigenvalue weighted by atomic mass is 28.6. The Morgan fingerprint density at radius 2 is 0.612 bits per heavy atom. The van der Waals surface area contributed by atoms with Gasteiger partial charge in [0.25, 0.3) is 0 Å². The summed E-state index contributed by atoms with van der Waals surface area (Å²) in [4.78, 5) is 11.5. The molecule has 0 amide bonds. The van der Waals surface area contributed by atoms with Crippen molar-refractivity contribution in [3.05, 3.63) is 29.8 Å². The lowest BCUT2D eigenvalue weighted by Gasteiger charge is -2.66. The number of hydrogen-bond acceptors (Lipinski definition) is 14. The van der Waals surface area contributed by atoms with Crippen LogP contribution < -0.4 is 4.74 Å². The molecule has 13 fully saturated rings. The van der Waals surface area contributed by atoms with Crippen molar-refractivity contribution in [2.75, 3.05) is 6.61 Å². The zero-order valence-electron chi connectivity index (χ0n) is 39.6. The van der Waals surface area contributed by atoms with Crippen LogP contribution >= 0.6 is 0 Å². The van der Waals surface area contributed by atoms with Crippen LogP contribution in [0.15, 0.2) is 24.3 Å². The summed E-state index contributed by atoms with van der Waals surface area (Å²) in [5.41, 5.74) is 0.771. The normalized spacial score (nSPS) is 44.7. The lowest BCUT2D eigenvalue weighted by molar-refractivity contribution is -0.0459. The molecule has 1 aromatic carbocycles. The Morgan fingerprint density at radius 3 is 0.851 bits per heavy atom. The molecule has 13 aliphatic rings. The van der Waals surface area contributed by atoms with Crippen molar-refractivity contribution in [3.8, 4) is 5.75 Å². The van der Waals surface area contributed by atoms with E-state index < -0.39 is 70.4 Å². The average Bonchev–Trinajstić information content (AvgIpc) is 4.16. The van der Waals surface area contributed by atoms with Crippen LogP contribution in [0, 0.1) is 0 Å². The van der Waals surface area contributed by atoms with Crippen molar-refractivity contribution in [2.24, 2.45) is 0 Å². The highest BCUT2D eigenvalue weighted by molar-refractivity contribution is 7.04. The Balaban J connectivity index is 1.06. The van der Waals surface area contributed by atoms with Crippen LogP contribution in [-0.4, -0.2) is 83.3 Å². The second kappa shape index (κ2) is 18.1. The minimum atomic E-state index is -4.07. The zero-order valence-corrected chi connectivity index (χ0v) is 47.6. The Bertz CT molecular complexity index is 1770. The third-order valence-corrected chi connectivity index (χ3v) is 58.0. The third-order valence-electron chi connectivity index (χ3n) is 18.4. The summed E-state index contributed by atoms with van der Waals surface area (Å²) in [7, 11) is -31.9. The Kier molecular flexibility index (Phi) is 12.6. The minimum absolute atomic E-state index is 0.00245. The molecule has 0 radical (unpaired) electrons. The first-order valence-corrected chi connectivity index (χ1v) is 41.9. The standard InChI is InChI=1S/C45H74O14Si8/c46-36-37-30-32-38(33-31-37)47-34-15-35-60-48-61(39-16-1-2-17-39)51-64(42-22-7-8-23-42)53-62(49-60,40-18-3-4-19-40)55-66(44-26-11-12-27-44)56-63(50-60,41-20-5-6-21-41)54-65(52-61,43-24-9-10-25-43)58-67(57-64,59-66)45-28-13-14-29-45/h30-33,36,39-45H,1-29,34-35H2. The number of ether oxygens (including phenoxy) is 1. The van der Waals surface area contributed by atoms with Crippen LogP contribution in [0.5, 0.6) is 5.75 Å². The van der Waals surface area contributed by atoms with Crippen molar-refractivity contribution >= 4 is 76.7 Å². The van der Waals surface area contributed by atoms with E-state index in [4.69, 9.17) is 54.1 Å². The van der Waals surface area contributed by atoms with Crippen molar-refractivity contribution in [1.29, 1.82) is 0 Å². The van der Waals surface area contributed by atoms with E-state index in [9.17, 15) is 4.79 Å². The fraction of sp³-hybridized carbons (Fsp3) is 0.844. The maximum atomic E-state index is 11.5. The largest absolute Gasteiger partial charge is 0.494 e. The van der Waals surface area contributed by atoms with Gasteiger partial charge in [0, 0.05) is 50.4 Å². The fourth-order valence-corrected chi connectivity index (χ4v) is 71.0. The predicted octanol–water partition coefficient (Wildman–Crippen LogP) is 11.7. The number of carbonyl (C=O) groups excluding carboxylic acids is 1. The molecule has 0 atom stereocenters. The van der Waals surface area contributed by atoms with Crippen LogP contribution in [0.2, 0.25) is 44.8 Å². The summed E-state index contributed by atoms with van der Waals surface area (Å²) in [6.45, 7) is 0.400. The molecule has 6 aliphatic heterocycles. The minimum Gasteiger partial charge on any atom is -0.494 e. The summed E-state index contributed by atoms with van der Waals surface area (Å²) < 4.78 is 108. The van der Waals surface area contributed by atoms with Crippen molar-refractivity contribution in [2.45, 2.75) is 231 Å². The third kappa shape index (κ3) is 8.06. The second-order valence-corrected chi connectivity index (χ2v) is 48.5. The highest BCUT2D eigenvalue weighted by Gasteiger charge is 2.88. The van der Waals surface area contributed by atoms with Gasteiger partial charge in [-0.25, -0.2) is 0 Å². The Morgan fingerprint density at radius 1 is 0.373 bits per heavy atom. The van der Waals surface area contributed by atoms with Gasteiger partial charge in [0.1, 0.15) is 12.0 Å². The van der Waals surface area contributed by atoms with Crippen molar-refractivity contribution in [3.63, 3.8) is 0 Å². The molecule has 8 bridgehead atoms. The molecule has 7 aliphatic carbocycles. The summed E-state index contributed by atoms with van der Waals surface area (Å²) >= 11 is 0. The molecule has 14 rings (SSSR count). The van der Waals surface area contributed by atoms with Gasteiger partial charge in [-0.3, -0.25) is 4.79 Å². The summed E-state index contributed by atoms with van der Waals surface area (Å²) in [5.74, 6) is 0.714. The maximum absolute atomic E-state index is 11.5. The monoisotopic (exact) mass is 1060 g/mol. The number of rotatable bonds is 13. The maximum Gasteiger partial charge on any atom is 0.482 e. The van der Waals surface area contributed by atoms with Crippen LogP contribution in [0.25, 0.3) is 0 Å². The summed E-state index contributed by atoms with van der Waals surface area (Å²) in [6, 6.07) is 7.79. The lowest BCUT2D eigenvalue weighted by atomic mass is 10.2. The van der Waals surface area contributed by atoms with Crippen LogP contribution in [0.4, 0.5) is 0 Å². The molecule has 0 N–H and O–H groups in total. The average molecular weight is 1060 g/mol. The van der Waals surface area contributed by atoms with Crippen LogP contribution in [0.1, 0.15) is 197 Å². The zero-order chi connectivity index (χ0) is 44.8. The van der Waals surface area contributed by atoms with E-state index in [1.807, 2.05) is 12.1 Å². The summed E-state index contributed by atoms with van der Waals surface area (Å²) in [6.07, 6.45) is 30.0. The second-order valence-electron chi connectivity index (χ2n) is 22.6. The molecule has 0 unspecified atom stereocenters.